The Kier molecular flexibility index (Phi) is 9.89. The number of nitrogens with two attached hydrogens (primary N) is 2. The molecule has 0 saturated carbocycles. The summed E-state index contributed by atoms with van der Waals surface area (Å²) in [7, 11) is 0. The Morgan fingerprint density at radius 3 is 2.42 bits per heavy atom. The van der Waals surface area contributed by atoms with Crippen LogP contribution in [0.5, 0.6) is 5.75 Å². The van der Waals surface area contributed by atoms with Crippen LogP contribution in [0.3, 0.4) is 0 Å². The number of hydrogen-bond donors (Lipinski definition) is 4. The molecule has 3 aromatic rings. The second-order valence-electron chi connectivity index (χ2n) is 9.81. The Labute approximate surface area is 248 Å². The SMILES string of the molecule is CCOc1ccc(CN(C(=O)C2c3ccccc3NC(=O)c3ccccc32)[C@H](CCCNC(N)=N[N+](=O)[O-])C(N)=O)cc1. The van der Waals surface area contributed by atoms with Crippen LogP contribution in [0.15, 0.2) is 77.9 Å². The van der Waals surface area contributed by atoms with Gasteiger partial charge in [0.2, 0.25) is 11.8 Å². The number of amides is 3. The first-order valence-electron chi connectivity index (χ1n) is 13.7. The zero-order valence-corrected chi connectivity index (χ0v) is 23.6. The first-order chi connectivity index (χ1) is 20.7. The molecule has 6 N–H and O–H groups in total. The van der Waals surface area contributed by atoms with Gasteiger partial charge < -0.3 is 31.7 Å². The largest absolute Gasteiger partial charge is 0.494 e. The Morgan fingerprint density at radius 2 is 1.74 bits per heavy atom. The molecular weight excluding hydrogens is 554 g/mol. The minimum Gasteiger partial charge on any atom is -0.494 e. The van der Waals surface area contributed by atoms with Crippen LogP contribution >= 0.6 is 0 Å². The number of hydrazone groups is 1. The Hall–Kier alpha value is -5.46. The molecule has 3 aromatic carbocycles. The van der Waals surface area contributed by atoms with Crippen molar-refractivity contribution in [2.24, 2.45) is 16.6 Å². The van der Waals surface area contributed by atoms with Crippen molar-refractivity contribution in [2.45, 2.75) is 38.3 Å². The molecule has 13 nitrogen and oxygen atoms in total. The van der Waals surface area contributed by atoms with E-state index in [-0.39, 0.29) is 37.8 Å². The molecule has 0 aromatic heterocycles. The maximum absolute atomic E-state index is 14.7. The fraction of sp³-hybridized carbons (Fsp3) is 0.267. The number of nitrogens with zero attached hydrogens (tertiary/aromatic N) is 3. The van der Waals surface area contributed by atoms with Crippen LogP contribution in [-0.2, 0) is 16.1 Å². The van der Waals surface area contributed by atoms with Crippen molar-refractivity contribution in [1.82, 2.24) is 10.2 Å². The highest BCUT2D eigenvalue weighted by Gasteiger charge is 2.38. The highest BCUT2D eigenvalue weighted by atomic mass is 16.7. The molecular formula is C30H33N7O6. The summed E-state index contributed by atoms with van der Waals surface area (Å²) < 4.78 is 5.54. The van der Waals surface area contributed by atoms with Crippen molar-refractivity contribution in [3.63, 3.8) is 0 Å². The van der Waals surface area contributed by atoms with Gasteiger partial charge in [0.25, 0.3) is 11.9 Å². The van der Waals surface area contributed by atoms with Gasteiger partial charge in [0.1, 0.15) is 16.9 Å². The van der Waals surface area contributed by atoms with Gasteiger partial charge in [-0.1, -0.05) is 48.5 Å². The fourth-order valence-corrected chi connectivity index (χ4v) is 5.09. The van der Waals surface area contributed by atoms with Crippen LogP contribution < -0.4 is 26.8 Å². The Morgan fingerprint density at radius 1 is 1.07 bits per heavy atom. The van der Waals surface area contributed by atoms with E-state index >= 15 is 0 Å². The molecule has 0 fully saturated rings. The van der Waals surface area contributed by atoms with Crippen molar-refractivity contribution in [2.75, 3.05) is 18.5 Å². The average molecular weight is 588 g/mol. The summed E-state index contributed by atoms with van der Waals surface area (Å²) in [6.45, 7) is 2.55. The van der Waals surface area contributed by atoms with Crippen molar-refractivity contribution in [3.8, 4) is 5.75 Å². The van der Waals surface area contributed by atoms with E-state index in [2.05, 4.69) is 15.7 Å². The number of fused-ring (bicyclic) bond motifs is 2. The molecule has 224 valence electrons. The molecule has 1 unspecified atom stereocenters. The summed E-state index contributed by atoms with van der Waals surface area (Å²) in [6, 6.07) is 20.0. The predicted molar refractivity (Wildman–Crippen MR) is 160 cm³/mol. The number of ether oxygens (including phenoxy) is 1. The van der Waals surface area contributed by atoms with E-state index in [9.17, 15) is 24.5 Å². The average Bonchev–Trinajstić information content (AvgIpc) is 3.10. The lowest BCUT2D eigenvalue weighted by molar-refractivity contribution is -0.485. The molecule has 0 aliphatic carbocycles. The van der Waals surface area contributed by atoms with E-state index in [1.165, 1.54) is 4.90 Å². The lowest BCUT2D eigenvalue weighted by Crippen LogP contribution is -2.49. The standard InChI is InChI=1S/C30H33N7O6/c1-2-43-20-15-13-19(14-16-20)18-36(25(27(31)38)12-7-17-33-30(32)35-37(41)42)29(40)26-21-8-3-4-9-22(21)28(39)34-24-11-6-5-10-23(24)26/h3-6,8-11,13-16,25-26H,2,7,12,17-18H2,1H3,(H2,31,38)(H,34,39)(H3,32,33,35)/t25-,26?/m1/s1. The number of nitro groups is 1. The van der Waals surface area contributed by atoms with Gasteiger partial charge in [0.15, 0.2) is 5.03 Å². The van der Waals surface area contributed by atoms with Crippen LogP contribution in [0, 0.1) is 10.1 Å². The normalized spacial score (nSPS) is 14.8. The maximum atomic E-state index is 14.7. The third-order valence-electron chi connectivity index (χ3n) is 7.01. The molecule has 1 aliphatic rings. The van der Waals surface area contributed by atoms with Gasteiger partial charge in [0, 0.05) is 24.3 Å². The maximum Gasteiger partial charge on any atom is 0.266 e. The van der Waals surface area contributed by atoms with Gasteiger partial charge in [-0.3, -0.25) is 14.4 Å². The van der Waals surface area contributed by atoms with Gasteiger partial charge >= 0.3 is 0 Å². The number of nitrogens with one attached hydrogen (secondary N) is 2. The second kappa shape index (κ2) is 13.9. The van der Waals surface area contributed by atoms with Crippen molar-refractivity contribution in [1.29, 1.82) is 0 Å². The Balaban J connectivity index is 1.73. The van der Waals surface area contributed by atoms with Crippen LogP contribution in [0.25, 0.3) is 0 Å². The molecule has 13 heteroatoms. The van der Waals surface area contributed by atoms with Crippen LogP contribution in [0.4, 0.5) is 5.69 Å². The number of guanidine groups is 1. The number of hydrogen-bond acceptors (Lipinski definition) is 6. The molecule has 0 spiro atoms. The molecule has 1 heterocycles. The highest BCUT2D eigenvalue weighted by molar-refractivity contribution is 6.09. The molecule has 4 rings (SSSR count). The third kappa shape index (κ3) is 7.44. The lowest BCUT2D eigenvalue weighted by atomic mass is 9.86. The summed E-state index contributed by atoms with van der Waals surface area (Å²) in [5.41, 5.74) is 14.0. The van der Waals surface area contributed by atoms with Gasteiger partial charge in [-0.05, 0) is 60.7 Å². The van der Waals surface area contributed by atoms with Gasteiger partial charge in [-0.15, -0.1) is 0 Å². The smallest absolute Gasteiger partial charge is 0.266 e. The molecule has 0 radical (unpaired) electrons. The summed E-state index contributed by atoms with van der Waals surface area (Å²) in [4.78, 5) is 52.7. The zero-order valence-electron chi connectivity index (χ0n) is 23.6. The summed E-state index contributed by atoms with van der Waals surface area (Å²) in [6.07, 6.45) is 0.413. The summed E-state index contributed by atoms with van der Waals surface area (Å²) in [5, 5.41) is 18.1. The molecule has 0 saturated heterocycles. The number of anilines is 1. The van der Waals surface area contributed by atoms with Crippen molar-refractivity contribution >= 4 is 29.4 Å². The van der Waals surface area contributed by atoms with Crippen LogP contribution in [-0.4, -0.2) is 52.8 Å². The van der Waals surface area contributed by atoms with E-state index in [0.717, 1.165) is 5.56 Å². The number of primary amides is 1. The topological polar surface area (TPSA) is 195 Å². The number of para-hydroxylation sites is 1. The summed E-state index contributed by atoms with van der Waals surface area (Å²) >= 11 is 0. The zero-order chi connectivity index (χ0) is 30.9. The second-order valence-corrected chi connectivity index (χ2v) is 9.81. The molecule has 3 amide bonds. The van der Waals surface area contributed by atoms with Gasteiger partial charge in [0.05, 0.1) is 12.5 Å². The Bertz CT molecular complexity index is 1530. The first kappa shape index (κ1) is 30.5. The minimum atomic E-state index is -1.05. The predicted octanol–water partition coefficient (Wildman–Crippen LogP) is 2.54. The van der Waals surface area contributed by atoms with E-state index in [4.69, 9.17) is 16.2 Å². The number of carbonyl (C=O) groups excluding carboxylic acids is 3. The van der Waals surface area contributed by atoms with E-state index in [1.54, 1.807) is 72.8 Å². The molecule has 0 bridgehead atoms. The lowest BCUT2D eigenvalue weighted by Gasteiger charge is -2.34. The van der Waals surface area contributed by atoms with E-state index in [1.807, 2.05) is 6.92 Å². The molecule has 1 aliphatic heterocycles. The number of rotatable bonds is 12. The van der Waals surface area contributed by atoms with Crippen molar-refractivity contribution < 1.29 is 24.2 Å². The fourth-order valence-electron chi connectivity index (χ4n) is 5.09. The van der Waals surface area contributed by atoms with Crippen LogP contribution in [0.2, 0.25) is 0 Å². The van der Waals surface area contributed by atoms with Gasteiger partial charge in [-0.2, -0.15) is 0 Å². The van der Waals surface area contributed by atoms with Crippen molar-refractivity contribution in [3.05, 3.63) is 105 Å². The number of carbonyl (C=O) groups is 3. The van der Waals surface area contributed by atoms with E-state index in [0.29, 0.717) is 34.7 Å². The quantitative estimate of drug-likeness (QED) is 0.0815. The number of benzene rings is 3. The van der Waals surface area contributed by atoms with Crippen LogP contribution in [0.1, 0.15) is 52.7 Å². The monoisotopic (exact) mass is 587 g/mol. The first-order valence-corrected chi connectivity index (χ1v) is 13.7. The third-order valence-corrected chi connectivity index (χ3v) is 7.01. The summed E-state index contributed by atoms with van der Waals surface area (Å²) in [5.74, 6) is -2.13. The minimum absolute atomic E-state index is 0.0411. The molecule has 2 atom stereocenters. The van der Waals surface area contributed by atoms with E-state index < -0.39 is 28.8 Å². The highest BCUT2D eigenvalue weighted by Crippen LogP contribution is 2.38. The molecule has 43 heavy (non-hydrogen) atoms. The van der Waals surface area contributed by atoms with Gasteiger partial charge in [-0.25, -0.2) is 10.1 Å².